The fourth-order valence-electron chi connectivity index (χ4n) is 0.841. The second kappa shape index (κ2) is 3.67. The van der Waals surface area contributed by atoms with Gasteiger partial charge in [0.15, 0.2) is 4.62 Å². The predicted molar refractivity (Wildman–Crippen MR) is 48.4 cm³/mol. The van der Waals surface area contributed by atoms with Gasteiger partial charge in [-0.1, -0.05) is 11.2 Å². The number of halogens is 2. The van der Waals surface area contributed by atoms with Crippen LogP contribution in [0.2, 0.25) is 0 Å². The standard InChI is InChI=1S/C8H7BrFNO/c1-5-2-3-6(7(10)4-5)8(9)11-12/h2-4,12H,1H3. The monoisotopic (exact) mass is 231 g/mol. The average molecular weight is 232 g/mol. The third-order valence-electron chi connectivity index (χ3n) is 1.43. The topological polar surface area (TPSA) is 32.6 Å². The van der Waals surface area contributed by atoms with Crippen LogP contribution < -0.4 is 0 Å². The van der Waals surface area contributed by atoms with Crippen LogP contribution in [0.15, 0.2) is 23.4 Å². The largest absolute Gasteiger partial charge is 0.410 e. The average Bonchev–Trinajstić information content (AvgIpc) is 2.03. The maximum absolute atomic E-state index is 13.1. The SMILES string of the molecule is Cc1ccc(C(Br)=NO)c(F)c1. The summed E-state index contributed by atoms with van der Waals surface area (Å²) in [5.74, 6) is -0.403. The Morgan fingerprint density at radius 3 is 2.75 bits per heavy atom. The quantitative estimate of drug-likeness (QED) is 0.450. The fraction of sp³-hybridized carbons (Fsp3) is 0.125. The molecule has 0 fully saturated rings. The van der Waals surface area contributed by atoms with E-state index < -0.39 is 5.82 Å². The molecule has 0 unspecified atom stereocenters. The van der Waals surface area contributed by atoms with Crippen LogP contribution in [0.3, 0.4) is 0 Å². The highest BCUT2D eigenvalue weighted by molar-refractivity contribution is 9.18. The molecule has 64 valence electrons. The van der Waals surface area contributed by atoms with E-state index in [4.69, 9.17) is 5.21 Å². The minimum atomic E-state index is -0.403. The smallest absolute Gasteiger partial charge is 0.155 e. The van der Waals surface area contributed by atoms with Crippen LogP contribution in [0.1, 0.15) is 11.1 Å². The van der Waals surface area contributed by atoms with E-state index in [9.17, 15) is 4.39 Å². The van der Waals surface area contributed by atoms with Gasteiger partial charge in [0.05, 0.1) is 0 Å². The van der Waals surface area contributed by atoms with Crippen molar-refractivity contribution >= 4 is 20.6 Å². The number of hydrogen-bond donors (Lipinski definition) is 1. The van der Waals surface area contributed by atoms with E-state index in [1.807, 2.05) is 0 Å². The van der Waals surface area contributed by atoms with Crippen molar-refractivity contribution in [1.82, 2.24) is 0 Å². The fourth-order valence-corrected chi connectivity index (χ4v) is 1.16. The van der Waals surface area contributed by atoms with Gasteiger partial charge in [-0.15, -0.1) is 0 Å². The van der Waals surface area contributed by atoms with Crippen LogP contribution in [-0.4, -0.2) is 9.83 Å². The number of aryl methyl sites for hydroxylation is 1. The van der Waals surface area contributed by atoms with Gasteiger partial charge in [0, 0.05) is 5.56 Å². The van der Waals surface area contributed by atoms with Gasteiger partial charge in [0.1, 0.15) is 5.82 Å². The first kappa shape index (κ1) is 9.19. The molecule has 0 saturated heterocycles. The molecule has 4 heteroatoms. The molecule has 1 aromatic carbocycles. The second-order valence-corrected chi connectivity index (χ2v) is 3.13. The third kappa shape index (κ3) is 1.82. The normalized spacial score (nSPS) is 11.8. The molecule has 0 aliphatic rings. The zero-order chi connectivity index (χ0) is 9.14. The Morgan fingerprint density at radius 1 is 1.58 bits per heavy atom. The van der Waals surface area contributed by atoms with E-state index in [2.05, 4.69) is 21.1 Å². The summed E-state index contributed by atoms with van der Waals surface area (Å²) in [6, 6.07) is 4.67. The number of nitrogens with zero attached hydrogens (tertiary/aromatic N) is 1. The van der Waals surface area contributed by atoms with Crippen molar-refractivity contribution in [3.05, 3.63) is 35.1 Å². The van der Waals surface area contributed by atoms with Crippen LogP contribution in [0, 0.1) is 12.7 Å². The first-order valence-electron chi connectivity index (χ1n) is 3.29. The number of oxime groups is 1. The molecule has 0 amide bonds. The highest BCUT2D eigenvalue weighted by Gasteiger charge is 2.06. The summed E-state index contributed by atoms with van der Waals surface area (Å²) in [6.45, 7) is 1.79. The molecule has 0 bridgehead atoms. The lowest BCUT2D eigenvalue weighted by molar-refractivity contribution is 0.321. The number of rotatable bonds is 1. The zero-order valence-electron chi connectivity index (χ0n) is 6.38. The van der Waals surface area contributed by atoms with Crippen molar-refractivity contribution in [2.24, 2.45) is 5.16 Å². The Labute approximate surface area is 77.8 Å². The minimum absolute atomic E-state index is 0.0972. The van der Waals surface area contributed by atoms with Gasteiger partial charge in [-0.25, -0.2) is 4.39 Å². The molecule has 0 radical (unpaired) electrons. The van der Waals surface area contributed by atoms with Crippen molar-refractivity contribution in [3.63, 3.8) is 0 Å². The Morgan fingerprint density at radius 2 is 2.25 bits per heavy atom. The lowest BCUT2D eigenvalue weighted by atomic mass is 10.1. The van der Waals surface area contributed by atoms with E-state index in [1.54, 1.807) is 19.1 Å². The molecule has 0 aromatic heterocycles. The minimum Gasteiger partial charge on any atom is -0.410 e. The molecule has 1 aromatic rings. The Hall–Kier alpha value is -0.900. The first-order valence-corrected chi connectivity index (χ1v) is 4.08. The lowest BCUT2D eigenvalue weighted by Gasteiger charge is -1.99. The molecule has 0 atom stereocenters. The van der Waals surface area contributed by atoms with E-state index in [1.165, 1.54) is 6.07 Å². The Bertz CT molecular complexity index is 325. The van der Waals surface area contributed by atoms with Crippen LogP contribution in [0.4, 0.5) is 4.39 Å². The summed E-state index contributed by atoms with van der Waals surface area (Å²) in [7, 11) is 0. The molecule has 0 aliphatic carbocycles. The Balaban J connectivity index is 3.18. The lowest BCUT2D eigenvalue weighted by Crippen LogP contribution is -1.95. The van der Waals surface area contributed by atoms with E-state index >= 15 is 0 Å². The summed E-state index contributed by atoms with van der Waals surface area (Å²) in [6.07, 6.45) is 0. The van der Waals surface area contributed by atoms with Crippen LogP contribution in [0.5, 0.6) is 0 Å². The maximum Gasteiger partial charge on any atom is 0.155 e. The highest BCUT2D eigenvalue weighted by atomic mass is 79.9. The molecule has 2 nitrogen and oxygen atoms in total. The van der Waals surface area contributed by atoms with Gasteiger partial charge in [-0.3, -0.25) is 0 Å². The van der Waals surface area contributed by atoms with Crippen LogP contribution in [0.25, 0.3) is 0 Å². The summed E-state index contributed by atoms with van der Waals surface area (Å²) in [5.41, 5.74) is 1.08. The van der Waals surface area contributed by atoms with E-state index in [-0.39, 0.29) is 10.2 Å². The van der Waals surface area contributed by atoms with Crippen molar-refractivity contribution in [1.29, 1.82) is 0 Å². The summed E-state index contributed by atoms with van der Waals surface area (Å²) in [5, 5.41) is 11.2. The van der Waals surface area contributed by atoms with Crippen LogP contribution in [-0.2, 0) is 0 Å². The maximum atomic E-state index is 13.1. The third-order valence-corrected chi connectivity index (χ3v) is 2.02. The molecular weight excluding hydrogens is 225 g/mol. The summed E-state index contributed by atoms with van der Waals surface area (Å²) >= 11 is 2.92. The predicted octanol–water partition coefficient (Wildman–Crippen LogP) is 2.66. The second-order valence-electron chi connectivity index (χ2n) is 2.37. The molecule has 0 saturated carbocycles. The Kier molecular flexibility index (Phi) is 2.81. The molecule has 12 heavy (non-hydrogen) atoms. The first-order chi connectivity index (χ1) is 5.65. The summed E-state index contributed by atoms with van der Waals surface area (Å²) < 4.78 is 13.2. The van der Waals surface area contributed by atoms with Crippen molar-refractivity contribution in [2.75, 3.05) is 0 Å². The van der Waals surface area contributed by atoms with E-state index in [0.717, 1.165) is 5.56 Å². The molecule has 1 rings (SSSR count). The van der Waals surface area contributed by atoms with Gasteiger partial charge >= 0.3 is 0 Å². The molecule has 0 spiro atoms. The van der Waals surface area contributed by atoms with Gasteiger partial charge in [-0.2, -0.15) is 0 Å². The van der Waals surface area contributed by atoms with Gasteiger partial charge < -0.3 is 5.21 Å². The van der Waals surface area contributed by atoms with Crippen molar-refractivity contribution in [2.45, 2.75) is 6.92 Å². The van der Waals surface area contributed by atoms with Gasteiger partial charge in [0.2, 0.25) is 0 Å². The van der Waals surface area contributed by atoms with Gasteiger partial charge in [0.25, 0.3) is 0 Å². The van der Waals surface area contributed by atoms with Crippen LogP contribution >= 0.6 is 15.9 Å². The van der Waals surface area contributed by atoms with E-state index in [0.29, 0.717) is 0 Å². The molecule has 0 heterocycles. The molecular formula is C8H7BrFNO. The summed E-state index contributed by atoms with van der Waals surface area (Å²) in [4.78, 5) is 0. The highest BCUT2D eigenvalue weighted by Crippen LogP contribution is 2.13. The van der Waals surface area contributed by atoms with Crippen molar-refractivity contribution in [3.8, 4) is 0 Å². The number of hydrogen-bond acceptors (Lipinski definition) is 2. The molecule has 0 aliphatic heterocycles. The molecule has 1 N–H and O–H groups in total. The zero-order valence-corrected chi connectivity index (χ0v) is 7.97. The van der Waals surface area contributed by atoms with Crippen molar-refractivity contribution < 1.29 is 9.60 Å². The van der Waals surface area contributed by atoms with Gasteiger partial charge in [-0.05, 0) is 40.5 Å². The number of benzene rings is 1.